The minimum atomic E-state index is -3.46. The quantitative estimate of drug-likeness (QED) is 0.522. The molecule has 2 aliphatic rings. The molecule has 0 amide bonds. The lowest BCUT2D eigenvalue weighted by Crippen LogP contribution is -2.55. The molecule has 0 aliphatic carbocycles. The molecule has 184 valence electrons. The van der Waals surface area contributed by atoms with Crippen molar-refractivity contribution in [2.24, 2.45) is 0 Å². The van der Waals surface area contributed by atoms with Crippen LogP contribution in [-0.2, 0) is 14.9 Å². The summed E-state index contributed by atoms with van der Waals surface area (Å²) in [6.07, 6.45) is -0.715. The van der Waals surface area contributed by atoms with Crippen molar-refractivity contribution in [3.8, 4) is 5.75 Å². The van der Waals surface area contributed by atoms with E-state index in [9.17, 15) is 18.3 Å². The first-order valence-electron chi connectivity index (χ1n) is 11.5. The van der Waals surface area contributed by atoms with E-state index < -0.39 is 16.3 Å². The molecule has 0 saturated carbocycles. The van der Waals surface area contributed by atoms with E-state index in [1.807, 2.05) is 23.1 Å². The van der Waals surface area contributed by atoms with Crippen molar-refractivity contribution in [2.45, 2.75) is 6.10 Å². The van der Waals surface area contributed by atoms with Crippen LogP contribution in [0.25, 0.3) is 0 Å². The highest BCUT2D eigenvalue weighted by Crippen LogP contribution is 2.17. The number of carbonyl (C=O) groups is 1. The standard InChI is InChI=1S/C24H31N3O6S/c28-22(18-25-10-12-26(13-11-25)34(30,31)27-14-16-32-17-15-27)19-33-23-8-6-21(7-9-23)24(29)20-4-2-1-3-5-20/h1-9,22,28H,10-19H2/t22-/m1/s1. The third-order valence-electron chi connectivity index (χ3n) is 6.02. The molecule has 1 atom stereocenters. The highest BCUT2D eigenvalue weighted by Gasteiger charge is 2.33. The number of carbonyl (C=O) groups excluding carboxylic acids is 1. The number of aliphatic hydroxyl groups is 1. The van der Waals surface area contributed by atoms with Crippen molar-refractivity contribution in [3.63, 3.8) is 0 Å². The first-order chi connectivity index (χ1) is 16.4. The zero-order valence-electron chi connectivity index (χ0n) is 19.1. The fraction of sp³-hybridized carbons (Fsp3) is 0.458. The van der Waals surface area contributed by atoms with E-state index in [1.165, 1.54) is 8.61 Å². The molecule has 2 fully saturated rings. The molecular weight excluding hydrogens is 458 g/mol. The highest BCUT2D eigenvalue weighted by atomic mass is 32.2. The topological polar surface area (TPSA) is 99.6 Å². The van der Waals surface area contributed by atoms with Gasteiger partial charge in [-0.1, -0.05) is 30.3 Å². The van der Waals surface area contributed by atoms with Gasteiger partial charge in [-0.3, -0.25) is 9.69 Å². The van der Waals surface area contributed by atoms with Gasteiger partial charge in [0.25, 0.3) is 10.2 Å². The Morgan fingerprint density at radius 2 is 1.47 bits per heavy atom. The molecule has 0 spiro atoms. The molecule has 1 N–H and O–H groups in total. The average molecular weight is 490 g/mol. The van der Waals surface area contributed by atoms with Crippen LogP contribution in [0.3, 0.4) is 0 Å². The van der Waals surface area contributed by atoms with Gasteiger partial charge in [0.2, 0.25) is 0 Å². The molecule has 9 nitrogen and oxygen atoms in total. The lowest BCUT2D eigenvalue weighted by molar-refractivity contribution is 0.0525. The van der Waals surface area contributed by atoms with Gasteiger partial charge in [0, 0.05) is 56.9 Å². The van der Waals surface area contributed by atoms with Gasteiger partial charge >= 0.3 is 0 Å². The van der Waals surface area contributed by atoms with Gasteiger partial charge in [-0.2, -0.15) is 17.0 Å². The molecule has 0 radical (unpaired) electrons. The monoisotopic (exact) mass is 489 g/mol. The minimum Gasteiger partial charge on any atom is -0.491 e. The number of piperazine rings is 1. The van der Waals surface area contributed by atoms with E-state index in [0.29, 0.717) is 75.9 Å². The Kier molecular flexibility index (Phi) is 8.30. The molecule has 2 aliphatic heterocycles. The van der Waals surface area contributed by atoms with Crippen LogP contribution in [0.5, 0.6) is 5.75 Å². The van der Waals surface area contributed by atoms with Crippen molar-refractivity contribution in [1.29, 1.82) is 0 Å². The molecule has 0 unspecified atom stereocenters. The van der Waals surface area contributed by atoms with E-state index in [-0.39, 0.29) is 12.4 Å². The molecule has 10 heteroatoms. The van der Waals surface area contributed by atoms with Gasteiger partial charge in [-0.05, 0) is 24.3 Å². The molecule has 0 bridgehead atoms. The van der Waals surface area contributed by atoms with Gasteiger partial charge in [0.1, 0.15) is 18.5 Å². The van der Waals surface area contributed by atoms with Crippen LogP contribution in [0.15, 0.2) is 54.6 Å². The van der Waals surface area contributed by atoms with Crippen LogP contribution in [0, 0.1) is 0 Å². The zero-order chi connectivity index (χ0) is 24.0. The van der Waals surface area contributed by atoms with Crippen molar-refractivity contribution in [2.75, 3.05) is 65.6 Å². The molecular formula is C24H31N3O6S. The Labute approximate surface area is 200 Å². The van der Waals surface area contributed by atoms with Gasteiger partial charge in [-0.15, -0.1) is 0 Å². The summed E-state index contributed by atoms with van der Waals surface area (Å²) in [6.45, 7) is 4.03. The summed E-state index contributed by atoms with van der Waals surface area (Å²) in [5, 5.41) is 10.4. The van der Waals surface area contributed by atoms with E-state index >= 15 is 0 Å². The molecule has 4 rings (SSSR count). The Bertz CT molecular complexity index is 1030. The second kappa shape index (κ2) is 11.4. The second-order valence-electron chi connectivity index (χ2n) is 8.40. The van der Waals surface area contributed by atoms with Gasteiger partial charge in [0.05, 0.1) is 13.2 Å². The lowest BCUT2D eigenvalue weighted by atomic mass is 10.0. The largest absolute Gasteiger partial charge is 0.491 e. The normalized spacial score (nSPS) is 19.6. The van der Waals surface area contributed by atoms with Crippen LogP contribution in [0.2, 0.25) is 0 Å². The first-order valence-corrected chi connectivity index (χ1v) is 12.9. The molecule has 34 heavy (non-hydrogen) atoms. The third kappa shape index (κ3) is 6.21. The Morgan fingerprint density at radius 3 is 2.12 bits per heavy atom. The third-order valence-corrected chi connectivity index (χ3v) is 8.05. The lowest BCUT2D eigenvalue weighted by Gasteiger charge is -2.38. The van der Waals surface area contributed by atoms with Crippen LogP contribution in [0.1, 0.15) is 15.9 Å². The summed E-state index contributed by atoms with van der Waals surface area (Å²) in [5.74, 6) is 0.520. The summed E-state index contributed by atoms with van der Waals surface area (Å²) in [6, 6.07) is 15.9. The van der Waals surface area contributed by atoms with Crippen molar-refractivity contribution in [1.82, 2.24) is 13.5 Å². The number of β-amino-alcohol motifs (C(OH)–C–C–N with tert-alkyl or cyclic N) is 1. The maximum atomic E-state index is 12.8. The van der Waals surface area contributed by atoms with Crippen LogP contribution >= 0.6 is 0 Å². The van der Waals surface area contributed by atoms with Crippen molar-refractivity contribution < 1.29 is 27.8 Å². The fourth-order valence-electron chi connectivity index (χ4n) is 4.09. The fourth-order valence-corrected chi connectivity index (χ4v) is 5.65. The highest BCUT2D eigenvalue weighted by molar-refractivity contribution is 7.86. The Balaban J connectivity index is 1.20. The number of nitrogens with zero attached hydrogens (tertiary/aromatic N) is 3. The average Bonchev–Trinajstić information content (AvgIpc) is 2.89. The molecule has 2 aromatic carbocycles. The summed E-state index contributed by atoms with van der Waals surface area (Å²) in [7, 11) is -3.46. The predicted molar refractivity (Wildman–Crippen MR) is 127 cm³/mol. The summed E-state index contributed by atoms with van der Waals surface area (Å²) >= 11 is 0. The Hall–Kier alpha value is -2.34. The van der Waals surface area contributed by atoms with E-state index in [2.05, 4.69) is 0 Å². The molecule has 2 heterocycles. The number of hydrogen-bond acceptors (Lipinski definition) is 7. The van der Waals surface area contributed by atoms with E-state index in [4.69, 9.17) is 9.47 Å². The smallest absolute Gasteiger partial charge is 0.282 e. The maximum absolute atomic E-state index is 12.8. The Morgan fingerprint density at radius 1 is 0.882 bits per heavy atom. The molecule has 0 aromatic heterocycles. The van der Waals surface area contributed by atoms with Gasteiger partial charge in [0.15, 0.2) is 5.78 Å². The SMILES string of the molecule is O=C(c1ccccc1)c1ccc(OC[C@H](O)CN2CCN(S(=O)(=O)N3CCOCC3)CC2)cc1. The number of hydrogen-bond donors (Lipinski definition) is 1. The first kappa shape index (κ1) is 24.8. The van der Waals surface area contributed by atoms with Crippen LogP contribution in [-0.4, -0.2) is 105 Å². The van der Waals surface area contributed by atoms with Crippen molar-refractivity contribution >= 4 is 16.0 Å². The van der Waals surface area contributed by atoms with Crippen LogP contribution < -0.4 is 4.74 Å². The van der Waals surface area contributed by atoms with Crippen molar-refractivity contribution in [3.05, 3.63) is 65.7 Å². The zero-order valence-corrected chi connectivity index (χ0v) is 19.9. The minimum absolute atomic E-state index is 0.0537. The van der Waals surface area contributed by atoms with E-state index in [0.717, 1.165) is 0 Å². The number of morpholine rings is 1. The summed E-state index contributed by atoms with van der Waals surface area (Å²) in [4.78, 5) is 14.5. The van der Waals surface area contributed by atoms with E-state index in [1.54, 1.807) is 36.4 Å². The maximum Gasteiger partial charge on any atom is 0.282 e. The number of rotatable bonds is 9. The van der Waals surface area contributed by atoms with Gasteiger partial charge < -0.3 is 14.6 Å². The summed E-state index contributed by atoms with van der Waals surface area (Å²) in [5.41, 5.74) is 1.20. The second-order valence-corrected chi connectivity index (χ2v) is 10.3. The predicted octanol–water partition coefficient (Wildman–Crippen LogP) is 0.852. The number of aliphatic hydroxyl groups excluding tert-OH is 1. The summed E-state index contributed by atoms with van der Waals surface area (Å²) < 4.78 is 39.5. The number of ether oxygens (including phenoxy) is 2. The van der Waals surface area contributed by atoms with Crippen LogP contribution in [0.4, 0.5) is 0 Å². The number of benzene rings is 2. The number of ketones is 1. The van der Waals surface area contributed by atoms with Gasteiger partial charge in [-0.25, -0.2) is 0 Å². The molecule has 2 aromatic rings. The molecule has 2 saturated heterocycles.